The summed E-state index contributed by atoms with van der Waals surface area (Å²) in [5, 5.41) is 1.10. The minimum absolute atomic E-state index is 0.276. The molecule has 1 unspecified atom stereocenters. The standard InChI is InChI=1S/C18H15ClN2S/c1-12-11-20-18-10-17(13-6-2-3-7-14(13)19)22-16-9-5-4-8-15(16)21(12)18/h2-9,11,17H,10H2,1H3. The largest absolute Gasteiger partial charge is 0.300 e. The summed E-state index contributed by atoms with van der Waals surface area (Å²) in [6.07, 6.45) is 2.82. The summed E-state index contributed by atoms with van der Waals surface area (Å²) in [5.74, 6) is 1.10. The number of thioether (sulfide) groups is 1. The first-order valence-corrected chi connectivity index (χ1v) is 8.53. The van der Waals surface area contributed by atoms with E-state index >= 15 is 0 Å². The molecular weight excluding hydrogens is 312 g/mol. The van der Waals surface area contributed by atoms with Crippen molar-refractivity contribution in [1.82, 2.24) is 9.55 Å². The van der Waals surface area contributed by atoms with Crippen molar-refractivity contribution in [3.8, 4) is 5.69 Å². The van der Waals surface area contributed by atoms with E-state index in [1.54, 1.807) is 0 Å². The van der Waals surface area contributed by atoms with Gasteiger partial charge in [0.25, 0.3) is 0 Å². The van der Waals surface area contributed by atoms with Crippen LogP contribution in [0.3, 0.4) is 0 Å². The molecule has 0 N–H and O–H groups in total. The number of benzene rings is 2. The number of halogens is 1. The predicted octanol–water partition coefficient (Wildman–Crippen LogP) is 5.22. The number of nitrogens with zero attached hydrogens (tertiary/aromatic N) is 2. The summed E-state index contributed by atoms with van der Waals surface area (Å²) in [4.78, 5) is 5.90. The molecule has 22 heavy (non-hydrogen) atoms. The maximum atomic E-state index is 6.43. The van der Waals surface area contributed by atoms with Crippen LogP contribution in [0.4, 0.5) is 0 Å². The third-order valence-electron chi connectivity index (χ3n) is 4.01. The number of rotatable bonds is 1. The van der Waals surface area contributed by atoms with Gasteiger partial charge in [0.2, 0.25) is 0 Å². The zero-order chi connectivity index (χ0) is 15.1. The van der Waals surface area contributed by atoms with Crippen LogP contribution >= 0.6 is 23.4 Å². The summed E-state index contributed by atoms with van der Waals surface area (Å²) >= 11 is 8.30. The summed E-state index contributed by atoms with van der Waals surface area (Å²) in [6, 6.07) is 16.6. The van der Waals surface area contributed by atoms with Crippen LogP contribution in [0, 0.1) is 6.92 Å². The molecule has 0 bridgehead atoms. The lowest BCUT2D eigenvalue weighted by Crippen LogP contribution is -2.04. The molecule has 4 heteroatoms. The Morgan fingerprint density at radius 2 is 1.91 bits per heavy atom. The number of fused-ring (bicyclic) bond motifs is 3. The molecule has 1 atom stereocenters. The van der Waals surface area contributed by atoms with E-state index in [-0.39, 0.29) is 5.25 Å². The van der Waals surface area contributed by atoms with Crippen molar-refractivity contribution in [1.29, 1.82) is 0 Å². The van der Waals surface area contributed by atoms with Gasteiger partial charge in [-0.3, -0.25) is 4.57 Å². The van der Waals surface area contributed by atoms with Crippen LogP contribution < -0.4 is 0 Å². The van der Waals surface area contributed by atoms with Crippen molar-refractivity contribution in [2.24, 2.45) is 0 Å². The van der Waals surface area contributed by atoms with Crippen LogP contribution in [0.2, 0.25) is 5.02 Å². The molecule has 0 spiro atoms. The molecule has 0 saturated carbocycles. The van der Waals surface area contributed by atoms with E-state index in [1.165, 1.54) is 21.8 Å². The first-order chi connectivity index (χ1) is 10.7. The van der Waals surface area contributed by atoms with Crippen molar-refractivity contribution >= 4 is 23.4 Å². The Labute approximate surface area is 139 Å². The third kappa shape index (κ3) is 2.25. The average molecular weight is 327 g/mol. The SMILES string of the molecule is Cc1cnc2n1-c1ccccc1SC(c1ccccc1Cl)C2. The predicted molar refractivity (Wildman–Crippen MR) is 92.1 cm³/mol. The monoisotopic (exact) mass is 326 g/mol. The molecule has 0 saturated heterocycles. The highest BCUT2D eigenvalue weighted by Crippen LogP contribution is 2.45. The first kappa shape index (κ1) is 13.9. The molecule has 1 aromatic heterocycles. The van der Waals surface area contributed by atoms with Crippen LogP contribution in [0.25, 0.3) is 5.69 Å². The second-order valence-electron chi connectivity index (χ2n) is 5.45. The van der Waals surface area contributed by atoms with E-state index in [9.17, 15) is 0 Å². The number of aromatic nitrogens is 2. The molecule has 3 aromatic rings. The summed E-state index contributed by atoms with van der Waals surface area (Å²) in [6.45, 7) is 2.10. The van der Waals surface area contributed by atoms with Crippen molar-refractivity contribution in [2.45, 2.75) is 23.5 Å². The summed E-state index contributed by atoms with van der Waals surface area (Å²) < 4.78 is 2.26. The minimum Gasteiger partial charge on any atom is -0.300 e. The van der Waals surface area contributed by atoms with E-state index in [2.05, 4.69) is 52.9 Å². The topological polar surface area (TPSA) is 17.8 Å². The Bertz CT molecular complexity index is 841. The lowest BCUT2D eigenvalue weighted by atomic mass is 10.1. The first-order valence-electron chi connectivity index (χ1n) is 7.28. The van der Waals surface area contributed by atoms with Gasteiger partial charge in [0, 0.05) is 33.5 Å². The average Bonchev–Trinajstić information content (AvgIpc) is 2.79. The molecule has 1 aliphatic heterocycles. The van der Waals surface area contributed by atoms with Crippen LogP contribution in [-0.2, 0) is 6.42 Å². The van der Waals surface area contributed by atoms with Crippen LogP contribution in [0.15, 0.2) is 59.6 Å². The lowest BCUT2D eigenvalue weighted by molar-refractivity contribution is 0.813. The fourth-order valence-electron chi connectivity index (χ4n) is 2.97. The summed E-state index contributed by atoms with van der Waals surface area (Å²) in [7, 11) is 0. The molecule has 0 fully saturated rings. The van der Waals surface area contributed by atoms with Crippen LogP contribution in [0.1, 0.15) is 22.3 Å². The van der Waals surface area contributed by atoms with E-state index in [0.717, 1.165) is 17.3 Å². The second-order valence-corrected chi connectivity index (χ2v) is 7.10. The second kappa shape index (κ2) is 5.49. The number of hydrogen-bond acceptors (Lipinski definition) is 2. The molecule has 0 aliphatic carbocycles. The third-order valence-corrected chi connectivity index (χ3v) is 5.66. The molecule has 2 aromatic carbocycles. The van der Waals surface area contributed by atoms with E-state index in [4.69, 9.17) is 11.6 Å². The zero-order valence-corrected chi connectivity index (χ0v) is 13.7. The lowest BCUT2D eigenvalue weighted by Gasteiger charge is -2.15. The Kier molecular flexibility index (Phi) is 3.47. The minimum atomic E-state index is 0.276. The maximum Gasteiger partial charge on any atom is 0.114 e. The van der Waals surface area contributed by atoms with Gasteiger partial charge in [0.1, 0.15) is 5.82 Å². The van der Waals surface area contributed by atoms with Crippen molar-refractivity contribution in [3.63, 3.8) is 0 Å². The molecular formula is C18H15ClN2S. The van der Waals surface area contributed by atoms with Gasteiger partial charge < -0.3 is 0 Å². The quantitative estimate of drug-likeness (QED) is 0.610. The Balaban J connectivity index is 1.89. The number of aryl methyl sites for hydroxylation is 1. The number of hydrogen-bond donors (Lipinski definition) is 0. The van der Waals surface area contributed by atoms with Gasteiger partial charge in [0.05, 0.1) is 5.69 Å². The van der Waals surface area contributed by atoms with Crippen molar-refractivity contribution in [3.05, 3.63) is 76.8 Å². The Morgan fingerprint density at radius 1 is 1.14 bits per heavy atom. The van der Waals surface area contributed by atoms with E-state index in [1.807, 2.05) is 30.1 Å². The number of para-hydroxylation sites is 1. The van der Waals surface area contributed by atoms with Crippen molar-refractivity contribution < 1.29 is 0 Å². The van der Waals surface area contributed by atoms with Crippen LogP contribution in [-0.4, -0.2) is 9.55 Å². The van der Waals surface area contributed by atoms with Crippen LogP contribution in [0.5, 0.6) is 0 Å². The normalized spacial score (nSPS) is 16.7. The Hall–Kier alpha value is -1.71. The van der Waals surface area contributed by atoms with E-state index < -0.39 is 0 Å². The molecule has 0 radical (unpaired) electrons. The summed E-state index contributed by atoms with van der Waals surface area (Å²) in [5.41, 5.74) is 3.56. The fourth-order valence-corrected chi connectivity index (χ4v) is 4.61. The fraction of sp³-hybridized carbons (Fsp3) is 0.167. The molecule has 110 valence electrons. The molecule has 2 nitrogen and oxygen atoms in total. The van der Waals surface area contributed by atoms with Gasteiger partial charge in [-0.05, 0) is 30.7 Å². The highest BCUT2D eigenvalue weighted by Gasteiger charge is 2.25. The van der Waals surface area contributed by atoms with Gasteiger partial charge in [-0.25, -0.2) is 4.98 Å². The molecule has 0 amide bonds. The van der Waals surface area contributed by atoms with Gasteiger partial charge in [-0.15, -0.1) is 11.8 Å². The maximum absolute atomic E-state index is 6.43. The van der Waals surface area contributed by atoms with Gasteiger partial charge in [0.15, 0.2) is 0 Å². The van der Waals surface area contributed by atoms with Gasteiger partial charge >= 0.3 is 0 Å². The molecule has 1 aliphatic rings. The zero-order valence-electron chi connectivity index (χ0n) is 12.2. The number of imidazole rings is 1. The van der Waals surface area contributed by atoms with Crippen molar-refractivity contribution in [2.75, 3.05) is 0 Å². The molecule has 2 heterocycles. The van der Waals surface area contributed by atoms with E-state index in [0.29, 0.717) is 0 Å². The van der Waals surface area contributed by atoms with Gasteiger partial charge in [-0.2, -0.15) is 0 Å². The highest BCUT2D eigenvalue weighted by atomic mass is 35.5. The highest BCUT2D eigenvalue weighted by molar-refractivity contribution is 7.99. The molecule has 4 rings (SSSR count). The van der Waals surface area contributed by atoms with Gasteiger partial charge in [-0.1, -0.05) is 41.9 Å². The Morgan fingerprint density at radius 3 is 2.77 bits per heavy atom. The smallest absolute Gasteiger partial charge is 0.114 e.